The van der Waals surface area contributed by atoms with E-state index in [1.807, 2.05) is 25.1 Å². The Hall–Kier alpha value is -2.38. The lowest BCUT2D eigenvalue weighted by Gasteiger charge is -2.15. The summed E-state index contributed by atoms with van der Waals surface area (Å²) in [6, 6.07) is 12.1. The maximum absolute atomic E-state index is 12.0. The quantitative estimate of drug-likeness (QED) is 0.250. The van der Waals surface area contributed by atoms with E-state index >= 15 is 0 Å². The second kappa shape index (κ2) is 12.6. The van der Waals surface area contributed by atoms with Gasteiger partial charge in [0, 0.05) is 20.6 Å². The monoisotopic (exact) mass is 575 g/mol. The highest BCUT2D eigenvalue weighted by atomic mass is 127. The van der Waals surface area contributed by atoms with Gasteiger partial charge in [-0.25, -0.2) is 18.5 Å². The van der Waals surface area contributed by atoms with Gasteiger partial charge in [-0.1, -0.05) is 18.2 Å². The Morgan fingerprint density at radius 2 is 1.75 bits per heavy atom. The molecule has 1 amide bonds. The normalized spacial score (nSPS) is 11.3. The Balaban J connectivity index is 0.00000512. The minimum Gasteiger partial charge on any atom is -0.497 e. The highest BCUT2D eigenvalue weighted by Gasteiger charge is 2.09. The average molecular weight is 575 g/mol. The first-order valence-electron chi connectivity index (χ1n) is 9.57. The van der Waals surface area contributed by atoms with Crippen molar-refractivity contribution in [3.05, 3.63) is 59.2 Å². The number of nitrogens with two attached hydrogens (primary N) is 1. The Morgan fingerprint density at radius 3 is 2.31 bits per heavy atom. The first-order chi connectivity index (χ1) is 14.6. The topological polar surface area (TPSA) is 126 Å². The molecule has 0 radical (unpaired) electrons. The number of aryl methyl sites for hydroxylation is 1. The van der Waals surface area contributed by atoms with Gasteiger partial charge in [0.05, 0.1) is 25.1 Å². The lowest BCUT2D eigenvalue weighted by atomic mass is 10.1. The zero-order valence-electron chi connectivity index (χ0n) is 18.6. The first kappa shape index (κ1) is 27.7. The van der Waals surface area contributed by atoms with Crippen molar-refractivity contribution >= 4 is 45.9 Å². The summed E-state index contributed by atoms with van der Waals surface area (Å²) in [4.78, 5) is 18.1. The van der Waals surface area contributed by atoms with Gasteiger partial charge in [-0.3, -0.25) is 4.79 Å². The van der Waals surface area contributed by atoms with Crippen LogP contribution in [0.4, 0.5) is 0 Å². The molecule has 0 saturated heterocycles. The largest absolute Gasteiger partial charge is 0.497 e. The number of methoxy groups -OCH3 is 1. The van der Waals surface area contributed by atoms with Crippen LogP contribution in [0.5, 0.6) is 5.75 Å². The molecule has 0 heterocycles. The molecule has 2 rings (SSSR count). The summed E-state index contributed by atoms with van der Waals surface area (Å²) in [5, 5.41) is 11.3. The number of hydrogen-bond donors (Lipinski definition) is 3. The fourth-order valence-electron chi connectivity index (χ4n) is 2.68. The van der Waals surface area contributed by atoms with Crippen LogP contribution in [0.15, 0.2) is 52.4 Å². The van der Waals surface area contributed by atoms with Gasteiger partial charge in [0.15, 0.2) is 5.96 Å². The fraction of sp³-hybridized carbons (Fsp3) is 0.333. The van der Waals surface area contributed by atoms with Crippen LogP contribution in [-0.4, -0.2) is 52.9 Å². The zero-order chi connectivity index (χ0) is 23.0. The molecule has 0 aliphatic heterocycles. The standard InChI is InChI=1S/C21H29N5O4S.HI/c1-15-9-17(11-18(10-15)30-4)13-24-21(25-14-20(27)26(2)3)23-12-16-5-7-19(8-6-16)31(22,28)29;/h5-11H,12-14H2,1-4H3,(H2,22,28,29)(H2,23,24,25);1H. The second-order valence-electron chi connectivity index (χ2n) is 7.21. The van der Waals surface area contributed by atoms with E-state index < -0.39 is 10.0 Å². The zero-order valence-corrected chi connectivity index (χ0v) is 21.7. The Kier molecular flexibility index (Phi) is 10.9. The maximum Gasteiger partial charge on any atom is 0.241 e. The van der Waals surface area contributed by atoms with Crippen molar-refractivity contribution in [1.29, 1.82) is 0 Å². The van der Waals surface area contributed by atoms with Crippen LogP contribution >= 0.6 is 24.0 Å². The molecule has 0 spiro atoms. The van der Waals surface area contributed by atoms with E-state index in [9.17, 15) is 13.2 Å². The SMILES string of the molecule is COc1cc(C)cc(CN=C(NCC(=O)N(C)C)NCc2ccc(S(N)(=O)=O)cc2)c1.I. The first-order valence-corrected chi connectivity index (χ1v) is 11.1. The third-order valence-corrected chi connectivity index (χ3v) is 5.31. The molecule has 0 aliphatic carbocycles. The number of primary sulfonamides is 1. The Bertz CT molecular complexity index is 1040. The molecule has 0 atom stereocenters. The van der Waals surface area contributed by atoms with Gasteiger partial charge in [0.25, 0.3) is 0 Å². The summed E-state index contributed by atoms with van der Waals surface area (Å²) < 4.78 is 28.1. The van der Waals surface area contributed by atoms with E-state index in [2.05, 4.69) is 15.6 Å². The number of guanidine groups is 1. The van der Waals surface area contributed by atoms with Crippen LogP contribution in [0.2, 0.25) is 0 Å². The average Bonchev–Trinajstić information content (AvgIpc) is 2.72. The number of sulfonamides is 1. The summed E-state index contributed by atoms with van der Waals surface area (Å²) in [6.45, 7) is 2.83. The van der Waals surface area contributed by atoms with E-state index in [0.29, 0.717) is 19.0 Å². The summed E-state index contributed by atoms with van der Waals surface area (Å²) in [5.41, 5.74) is 2.86. The number of halogens is 1. The molecular formula is C21H30IN5O4S. The molecule has 0 aromatic heterocycles. The number of likely N-dealkylation sites (N-methyl/N-ethyl adjacent to an activating group) is 1. The van der Waals surface area contributed by atoms with Gasteiger partial charge in [-0.2, -0.15) is 0 Å². The Labute approximate surface area is 206 Å². The number of ether oxygens (including phenoxy) is 1. The van der Waals surface area contributed by atoms with Crippen molar-refractivity contribution in [3.63, 3.8) is 0 Å². The number of aliphatic imine (C=N–C) groups is 1. The molecule has 0 unspecified atom stereocenters. The van der Waals surface area contributed by atoms with E-state index in [-0.39, 0.29) is 41.3 Å². The molecule has 9 nitrogen and oxygen atoms in total. The predicted octanol–water partition coefficient (Wildman–Crippen LogP) is 1.59. The van der Waals surface area contributed by atoms with Gasteiger partial charge >= 0.3 is 0 Å². The third kappa shape index (κ3) is 9.01. The number of carbonyl (C=O) groups excluding carboxylic acids is 1. The van der Waals surface area contributed by atoms with Gasteiger partial charge in [-0.15, -0.1) is 24.0 Å². The van der Waals surface area contributed by atoms with E-state index in [0.717, 1.165) is 22.4 Å². The van der Waals surface area contributed by atoms with Gasteiger partial charge in [0.2, 0.25) is 15.9 Å². The van der Waals surface area contributed by atoms with Crippen LogP contribution in [0.3, 0.4) is 0 Å². The van der Waals surface area contributed by atoms with Crippen LogP contribution in [0.1, 0.15) is 16.7 Å². The summed E-state index contributed by atoms with van der Waals surface area (Å²) in [7, 11) is 1.24. The van der Waals surface area contributed by atoms with Crippen molar-refractivity contribution in [1.82, 2.24) is 15.5 Å². The summed E-state index contributed by atoms with van der Waals surface area (Å²) in [5.74, 6) is 1.11. The van der Waals surface area contributed by atoms with Crippen molar-refractivity contribution in [3.8, 4) is 5.75 Å². The van der Waals surface area contributed by atoms with E-state index in [1.165, 1.54) is 17.0 Å². The molecule has 11 heteroatoms. The van der Waals surface area contributed by atoms with Crippen LogP contribution in [0.25, 0.3) is 0 Å². The molecule has 0 bridgehead atoms. The van der Waals surface area contributed by atoms with Crippen LogP contribution in [-0.2, 0) is 27.9 Å². The second-order valence-corrected chi connectivity index (χ2v) is 8.77. The number of carbonyl (C=O) groups is 1. The fourth-order valence-corrected chi connectivity index (χ4v) is 3.19. The summed E-state index contributed by atoms with van der Waals surface area (Å²) >= 11 is 0. The number of nitrogens with zero attached hydrogens (tertiary/aromatic N) is 2. The maximum atomic E-state index is 12.0. The molecule has 2 aromatic rings. The molecular weight excluding hydrogens is 545 g/mol. The third-order valence-electron chi connectivity index (χ3n) is 4.38. The van der Waals surface area contributed by atoms with E-state index in [1.54, 1.807) is 33.3 Å². The van der Waals surface area contributed by atoms with Gasteiger partial charge in [-0.05, 0) is 47.9 Å². The Morgan fingerprint density at radius 1 is 1.09 bits per heavy atom. The molecule has 176 valence electrons. The lowest BCUT2D eigenvalue weighted by molar-refractivity contribution is -0.127. The number of benzene rings is 2. The number of nitrogens with one attached hydrogen (secondary N) is 2. The van der Waals surface area contributed by atoms with Crippen molar-refractivity contribution in [2.75, 3.05) is 27.7 Å². The molecule has 0 saturated carbocycles. The van der Waals surface area contributed by atoms with Gasteiger partial charge in [0.1, 0.15) is 5.75 Å². The smallest absolute Gasteiger partial charge is 0.241 e. The van der Waals surface area contributed by atoms with Crippen LogP contribution in [0, 0.1) is 6.92 Å². The predicted molar refractivity (Wildman–Crippen MR) is 136 cm³/mol. The highest BCUT2D eigenvalue weighted by Crippen LogP contribution is 2.17. The van der Waals surface area contributed by atoms with Crippen molar-refractivity contribution in [2.24, 2.45) is 10.1 Å². The highest BCUT2D eigenvalue weighted by molar-refractivity contribution is 14.0. The molecule has 4 N–H and O–H groups in total. The number of amides is 1. The lowest BCUT2D eigenvalue weighted by Crippen LogP contribution is -2.42. The minimum absolute atomic E-state index is 0. The minimum atomic E-state index is -3.73. The van der Waals surface area contributed by atoms with Crippen molar-refractivity contribution in [2.45, 2.75) is 24.9 Å². The number of hydrogen-bond acceptors (Lipinski definition) is 5. The van der Waals surface area contributed by atoms with Crippen LogP contribution < -0.4 is 20.5 Å². The van der Waals surface area contributed by atoms with Crippen molar-refractivity contribution < 1.29 is 17.9 Å². The molecule has 0 fully saturated rings. The molecule has 32 heavy (non-hydrogen) atoms. The van der Waals surface area contributed by atoms with E-state index in [4.69, 9.17) is 9.88 Å². The molecule has 0 aliphatic rings. The number of rotatable bonds is 8. The van der Waals surface area contributed by atoms with Gasteiger partial charge < -0.3 is 20.3 Å². The summed E-state index contributed by atoms with van der Waals surface area (Å²) in [6.07, 6.45) is 0. The molecule has 2 aromatic carbocycles.